The molecule has 142 valence electrons. The first-order valence-corrected chi connectivity index (χ1v) is 9.50. The third-order valence-corrected chi connectivity index (χ3v) is 5.35. The summed E-state index contributed by atoms with van der Waals surface area (Å²) in [6, 6.07) is 10.2. The molecule has 0 unspecified atom stereocenters. The number of rotatable bonds is 5. The van der Waals surface area contributed by atoms with E-state index in [4.69, 9.17) is 4.98 Å². The second-order valence-corrected chi connectivity index (χ2v) is 7.39. The predicted molar refractivity (Wildman–Crippen MR) is 105 cm³/mol. The first-order chi connectivity index (χ1) is 13.1. The second kappa shape index (κ2) is 7.15. The molecular weight excluding hydrogens is 340 g/mol. The number of H-pyrrole nitrogens is 1. The maximum atomic E-state index is 12.1. The molecule has 0 radical (unpaired) electrons. The maximum Gasteiger partial charge on any atom is 0.273 e. The molecular formula is C20H26N6O. The van der Waals surface area contributed by atoms with E-state index in [0.29, 0.717) is 11.6 Å². The number of amides is 1. The zero-order valence-electron chi connectivity index (χ0n) is 16.1. The molecule has 7 nitrogen and oxygen atoms in total. The SMILES string of the molecule is CCn1c(CN2CC[C@@H](c3cc(C(=O)N(C)C)n[nH]3)C2)nc2ccccc21. The van der Waals surface area contributed by atoms with Gasteiger partial charge in [-0.2, -0.15) is 5.10 Å². The highest BCUT2D eigenvalue weighted by atomic mass is 16.2. The first kappa shape index (κ1) is 17.7. The topological polar surface area (TPSA) is 70.1 Å². The number of para-hydroxylation sites is 2. The van der Waals surface area contributed by atoms with E-state index in [1.807, 2.05) is 12.1 Å². The Morgan fingerprint density at radius 2 is 2.15 bits per heavy atom. The fourth-order valence-corrected chi connectivity index (χ4v) is 3.91. The number of aromatic nitrogens is 4. The van der Waals surface area contributed by atoms with Crippen molar-refractivity contribution in [1.29, 1.82) is 0 Å². The van der Waals surface area contributed by atoms with Crippen molar-refractivity contribution in [3.05, 3.63) is 47.5 Å². The highest BCUT2D eigenvalue weighted by molar-refractivity contribution is 5.92. The van der Waals surface area contributed by atoms with E-state index in [1.165, 1.54) is 5.52 Å². The average molecular weight is 366 g/mol. The van der Waals surface area contributed by atoms with Crippen molar-refractivity contribution >= 4 is 16.9 Å². The van der Waals surface area contributed by atoms with E-state index in [1.54, 1.807) is 19.0 Å². The lowest BCUT2D eigenvalue weighted by Gasteiger charge is -2.16. The lowest BCUT2D eigenvalue weighted by atomic mass is 10.0. The van der Waals surface area contributed by atoms with Crippen LogP contribution in [0.2, 0.25) is 0 Å². The number of nitrogens with one attached hydrogen (secondary N) is 1. The molecule has 0 spiro atoms. The molecule has 0 aliphatic carbocycles. The van der Waals surface area contributed by atoms with Gasteiger partial charge in [0.05, 0.1) is 17.6 Å². The zero-order valence-corrected chi connectivity index (χ0v) is 16.1. The number of imidazole rings is 1. The molecule has 1 amide bonds. The van der Waals surface area contributed by atoms with Gasteiger partial charge in [-0.15, -0.1) is 0 Å². The smallest absolute Gasteiger partial charge is 0.273 e. The summed E-state index contributed by atoms with van der Waals surface area (Å²) >= 11 is 0. The van der Waals surface area contributed by atoms with Crippen molar-refractivity contribution in [2.45, 2.75) is 32.4 Å². The van der Waals surface area contributed by atoms with Crippen LogP contribution in [-0.4, -0.2) is 62.6 Å². The van der Waals surface area contributed by atoms with Crippen LogP contribution in [0.1, 0.15) is 41.3 Å². The summed E-state index contributed by atoms with van der Waals surface area (Å²) in [6.07, 6.45) is 1.06. The molecule has 2 aromatic heterocycles. The molecule has 7 heteroatoms. The third-order valence-electron chi connectivity index (χ3n) is 5.35. The number of aryl methyl sites for hydroxylation is 1. The maximum absolute atomic E-state index is 12.1. The number of hydrogen-bond acceptors (Lipinski definition) is 4. The molecule has 1 aromatic carbocycles. The Morgan fingerprint density at radius 3 is 2.93 bits per heavy atom. The minimum absolute atomic E-state index is 0.0657. The Kier molecular flexibility index (Phi) is 4.70. The Morgan fingerprint density at radius 1 is 1.33 bits per heavy atom. The summed E-state index contributed by atoms with van der Waals surface area (Å²) in [5.74, 6) is 1.43. The average Bonchev–Trinajstić information content (AvgIpc) is 3.38. The molecule has 0 bridgehead atoms. The normalized spacial score (nSPS) is 17.7. The fraction of sp³-hybridized carbons (Fsp3) is 0.450. The van der Waals surface area contributed by atoms with Gasteiger partial charge in [0.1, 0.15) is 11.5 Å². The van der Waals surface area contributed by atoms with Crippen LogP contribution in [0.3, 0.4) is 0 Å². The monoisotopic (exact) mass is 366 g/mol. The van der Waals surface area contributed by atoms with Crippen molar-refractivity contribution in [3.8, 4) is 0 Å². The number of fused-ring (bicyclic) bond motifs is 1. The number of carbonyl (C=O) groups excluding carboxylic acids is 1. The van der Waals surface area contributed by atoms with Crippen LogP contribution in [0, 0.1) is 0 Å². The Balaban J connectivity index is 1.47. The van der Waals surface area contributed by atoms with Crippen molar-refractivity contribution in [3.63, 3.8) is 0 Å². The molecule has 1 N–H and O–H groups in total. The van der Waals surface area contributed by atoms with E-state index in [-0.39, 0.29) is 5.91 Å². The molecule has 0 saturated carbocycles. The van der Waals surface area contributed by atoms with Crippen LogP contribution in [-0.2, 0) is 13.1 Å². The lowest BCUT2D eigenvalue weighted by Crippen LogP contribution is -2.22. The summed E-state index contributed by atoms with van der Waals surface area (Å²) < 4.78 is 2.30. The van der Waals surface area contributed by atoms with Crippen LogP contribution in [0.4, 0.5) is 0 Å². The van der Waals surface area contributed by atoms with E-state index in [9.17, 15) is 4.79 Å². The molecule has 1 saturated heterocycles. The van der Waals surface area contributed by atoms with Gasteiger partial charge in [-0.1, -0.05) is 12.1 Å². The Hall–Kier alpha value is -2.67. The molecule has 4 rings (SSSR count). The third kappa shape index (κ3) is 3.35. The van der Waals surface area contributed by atoms with Gasteiger partial charge in [0.15, 0.2) is 0 Å². The number of carbonyl (C=O) groups is 1. The predicted octanol–water partition coefficient (Wildman–Crippen LogP) is 2.47. The Bertz CT molecular complexity index is 956. The van der Waals surface area contributed by atoms with Gasteiger partial charge in [0, 0.05) is 38.8 Å². The number of benzene rings is 1. The summed E-state index contributed by atoms with van der Waals surface area (Å²) in [6.45, 7) is 5.90. The summed E-state index contributed by atoms with van der Waals surface area (Å²) in [5, 5.41) is 7.26. The van der Waals surface area contributed by atoms with Crippen molar-refractivity contribution in [2.75, 3.05) is 27.2 Å². The van der Waals surface area contributed by atoms with Gasteiger partial charge in [-0.25, -0.2) is 4.98 Å². The van der Waals surface area contributed by atoms with Gasteiger partial charge in [-0.3, -0.25) is 14.8 Å². The minimum atomic E-state index is -0.0657. The number of hydrogen-bond donors (Lipinski definition) is 1. The quantitative estimate of drug-likeness (QED) is 0.753. The van der Waals surface area contributed by atoms with E-state index < -0.39 is 0 Å². The standard InChI is InChI=1S/C20H26N6O/c1-4-26-18-8-6-5-7-15(18)21-19(26)13-25-10-9-14(12-25)16-11-17(23-22-16)20(27)24(2)3/h5-8,11,14H,4,9-10,12-13H2,1-3H3,(H,22,23)/t14-/m1/s1. The molecule has 3 heterocycles. The lowest BCUT2D eigenvalue weighted by molar-refractivity contribution is 0.0822. The summed E-state index contributed by atoms with van der Waals surface area (Å²) in [4.78, 5) is 20.9. The van der Waals surface area contributed by atoms with Crippen LogP contribution in [0.5, 0.6) is 0 Å². The van der Waals surface area contributed by atoms with Crippen molar-refractivity contribution < 1.29 is 4.79 Å². The molecule has 1 atom stereocenters. The summed E-state index contributed by atoms with van der Waals surface area (Å²) in [7, 11) is 3.49. The highest BCUT2D eigenvalue weighted by Crippen LogP contribution is 2.28. The van der Waals surface area contributed by atoms with Crippen molar-refractivity contribution in [1.82, 2.24) is 29.5 Å². The number of nitrogens with zero attached hydrogens (tertiary/aromatic N) is 5. The van der Waals surface area contributed by atoms with Crippen LogP contribution in [0.25, 0.3) is 11.0 Å². The number of aromatic amines is 1. The van der Waals surface area contributed by atoms with Gasteiger partial charge >= 0.3 is 0 Å². The van der Waals surface area contributed by atoms with Crippen LogP contribution in [0.15, 0.2) is 30.3 Å². The van der Waals surface area contributed by atoms with E-state index in [2.05, 4.69) is 44.8 Å². The second-order valence-electron chi connectivity index (χ2n) is 7.39. The molecule has 1 aliphatic rings. The molecule has 3 aromatic rings. The van der Waals surface area contributed by atoms with E-state index in [0.717, 1.165) is 49.6 Å². The van der Waals surface area contributed by atoms with Gasteiger partial charge in [0.2, 0.25) is 0 Å². The van der Waals surface area contributed by atoms with Crippen LogP contribution < -0.4 is 0 Å². The fourth-order valence-electron chi connectivity index (χ4n) is 3.91. The zero-order chi connectivity index (χ0) is 19.0. The summed E-state index contributed by atoms with van der Waals surface area (Å²) in [5.41, 5.74) is 3.80. The van der Waals surface area contributed by atoms with Crippen LogP contribution >= 0.6 is 0 Å². The molecule has 1 fully saturated rings. The van der Waals surface area contributed by atoms with Gasteiger partial charge in [0.25, 0.3) is 5.91 Å². The minimum Gasteiger partial charge on any atom is -0.343 e. The van der Waals surface area contributed by atoms with Crippen molar-refractivity contribution in [2.24, 2.45) is 0 Å². The van der Waals surface area contributed by atoms with Gasteiger partial charge < -0.3 is 9.47 Å². The first-order valence-electron chi connectivity index (χ1n) is 9.50. The molecule has 27 heavy (non-hydrogen) atoms. The van der Waals surface area contributed by atoms with E-state index >= 15 is 0 Å². The largest absolute Gasteiger partial charge is 0.343 e. The molecule has 1 aliphatic heterocycles. The Labute approximate surface area is 159 Å². The highest BCUT2D eigenvalue weighted by Gasteiger charge is 2.27. The number of likely N-dealkylation sites (tertiary alicyclic amines) is 1. The van der Waals surface area contributed by atoms with Gasteiger partial charge in [-0.05, 0) is 38.1 Å².